The minimum atomic E-state index is -1.39. The molecule has 1 heterocycles. The Balaban J connectivity index is 2.27. The first-order valence-corrected chi connectivity index (χ1v) is 12.5. The predicted octanol–water partition coefficient (Wildman–Crippen LogP) is 2.70. The fourth-order valence-corrected chi connectivity index (χ4v) is 3.90. The van der Waals surface area contributed by atoms with Crippen molar-refractivity contribution in [2.24, 2.45) is 11.8 Å². The Labute approximate surface area is 216 Å². The number of rotatable bonds is 11. The molecular weight excluding hydrogens is 484 g/mol. The SMILES string of the molecule is CCCCCCC1C(=O)OCC(NC(=O)c2cccc(NC=O)c2O)C(=O)OC(C)C1OC(=O)C(C)C. The highest BCUT2D eigenvalue weighted by Crippen LogP contribution is 2.28. The van der Waals surface area contributed by atoms with Gasteiger partial charge in [-0.2, -0.15) is 0 Å². The van der Waals surface area contributed by atoms with Gasteiger partial charge in [0, 0.05) is 0 Å². The summed E-state index contributed by atoms with van der Waals surface area (Å²) in [6.45, 7) is 6.38. The van der Waals surface area contributed by atoms with Crippen molar-refractivity contribution in [1.29, 1.82) is 0 Å². The summed E-state index contributed by atoms with van der Waals surface area (Å²) in [6, 6.07) is 2.73. The molecule has 11 heteroatoms. The number of unbranched alkanes of at least 4 members (excludes halogenated alkanes) is 3. The number of phenols is 1. The highest BCUT2D eigenvalue weighted by atomic mass is 16.6. The molecular formula is C26H36N2O9. The third-order valence-corrected chi connectivity index (χ3v) is 6.03. The van der Waals surface area contributed by atoms with Crippen molar-refractivity contribution in [3.05, 3.63) is 23.8 Å². The summed E-state index contributed by atoms with van der Waals surface area (Å²) >= 11 is 0. The first-order valence-electron chi connectivity index (χ1n) is 12.5. The topological polar surface area (TPSA) is 157 Å². The molecule has 3 N–H and O–H groups in total. The third kappa shape index (κ3) is 8.19. The lowest BCUT2D eigenvalue weighted by Crippen LogP contribution is -2.46. The van der Waals surface area contributed by atoms with Gasteiger partial charge in [-0.3, -0.25) is 19.2 Å². The lowest BCUT2D eigenvalue weighted by Gasteiger charge is -2.29. The molecule has 0 bridgehead atoms. The van der Waals surface area contributed by atoms with Crippen LogP contribution in [0, 0.1) is 11.8 Å². The summed E-state index contributed by atoms with van der Waals surface area (Å²) in [4.78, 5) is 62.0. The summed E-state index contributed by atoms with van der Waals surface area (Å²) in [5, 5.41) is 15.0. The van der Waals surface area contributed by atoms with Gasteiger partial charge in [0.15, 0.2) is 17.9 Å². The Morgan fingerprint density at radius 3 is 2.57 bits per heavy atom. The van der Waals surface area contributed by atoms with Crippen molar-refractivity contribution < 1.29 is 43.3 Å². The molecule has 0 radical (unpaired) electrons. The Hall–Kier alpha value is -3.63. The van der Waals surface area contributed by atoms with Crippen molar-refractivity contribution >= 4 is 35.9 Å². The summed E-state index contributed by atoms with van der Waals surface area (Å²) in [6.07, 6.45) is 2.20. The van der Waals surface area contributed by atoms with Crippen molar-refractivity contribution in [2.75, 3.05) is 11.9 Å². The molecule has 4 unspecified atom stereocenters. The van der Waals surface area contributed by atoms with Crippen LogP contribution >= 0.6 is 0 Å². The maximum absolute atomic E-state index is 13.1. The minimum absolute atomic E-state index is 0.000433. The highest BCUT2D eigenvalue weighted by molar-refractivity contribution is 6.01. The molecule has 1 aliphatic rings. The molecule has 0 aliphatic carbocycles. The smallest absolute Gasteiger partial charge is 0.332 e. The van der Waals surface area contributed by atoms with E-state index in [0.29, 0.717) is 19.3 Å². The van der Waals surface area contributed by atoms with E-state index < -0.39 is 66.3 Å². The average Bonchev–Trinajstić information content (AvgIpc) is 2.89. The lowest BCUT2D eigenvalue weighted by atomic mass is 9.92. The van der Waals surface area contributed by atoms with Crippen LogP contribution in [0.15, 0.2) is 18.2 Å². The number of aromatic hydroxyl groups is 1. The lowest BCUT2D eigenvalue weighted by molar-refractivity contribution is -0.177. The van der Waals surface area contributed by atoms with Crippen LogP contribution in [-0.2, 0) is 33.4 Å². The van der Waals surface area contributed by atoms with E-state index in [1.807, 2.05) is 0 Å². The standard InChI is InChI=1S/C26H36N2O9/c1-5-6-7-8-10-18-22(37-24(32)15(2)3)16(4)36-26(34)20(13-35-25(18)33)28-23(31)17-11-9-12-19(21(17)30)27-14-29/h9,11-12,14-16,18,20,22,30H,5-8,10,13H2,1-4H3,(H,27,29)(H,28,31). The van der Waals surface area contributed by atoms with E-state index in [-0.39, 0.29) is 11.3 Å². The van der Waals surface area contributed by atoms with Crippen LogP contribution in [0.4, 0.5) is 5.69 Å². The molecule has 1 aliphatic heterocycles. The largest absolute Gasteiger partial charge is 0.505 e. The molecule has 0 spiro atoms. The van der Waals surface area contributed by atoms with Gasteiger partial charge >= 0.3 is 17.9 Å². The first-order chi connectivity index (χ1) is 17.6. The molecule has 2 amide bonds. The highest BCUT2D eigenvalue weighted by Gasteiger charge is 2.41. The van der Waals surface area contributed by atoms with Crippen LogP contribution < -0.4 is 10.6 Å². The fourth-order valence-electron chi connectivity index (χ4n) is 3.90. The molecule has 0 aromatic heterocycles. The van der Waals surface area contributed by atoms with Crippen LogP contribution in [0.1, 0.15) is 70.2 Å². The van der Waals surface area contributed by atoms with Crippen molar-refractivity contribution in [2.45, 2.75) is 78.0 Å². The summed E-state index contributed by atoms with van der Waals surface area (Å²) in [5.41, 5.74) is -0.211. The zero-order valence-corrected chi connectivity index (χ0v) is 21.7. The fraction of sp³-hybridized carbons (Fsp3) is 0.577. The molecule has 1 aromatic carbocycles. The first kappa shape index (κ1) is 29.6. The van der Waals surface area contributed by atoms with Crippen molar-refractivity contribution in [3.8, 4) is 5.75 Å². The molecule has 1 aromatic rings. The molecule has 11 nitrogen and oxygen atoms in total. The third-order valence-electron chi connectivity index (χ3n) is 6.03. The summed E-state index contributed by atoms with van der Waals surface area (Å²) < 4.78 is 16.5. The van der Waals surface area contributed by atoms with Crippen LogP contribution in [-0.4, -0.2) is 60.2 Å². The van der Waals surface area contributed by atoms with Gasteiger partial charge in [0.1, 0.15) is 12.7 Å². The maximum Gasteiger partial charge on any atom is 0.332 e. The Morgan fingerprint density at radius 1 is 1.19 bits per heavy atom. The summed E-state index contributed by atoms with van der Waals surface area (Å²) in [7, 11) is 0. The molecule has 1 fully saturated rings. The quantitative estimate of drug-likeness (QED) is 0.131. The number of hydrogen-bond donors (Lipinski definition) is 3. The van der Waals surface area contributed by atoms with Gasteiger partial charge in [-0.05, 0) is 25.5 Å². The Kier molecular flexibility index (Phi) is 11.4. The number of para-hydroxylation sites is 1. The number of amides is 2. The normalized spacial score (nSPS) is 22.1. The zero-order valence-electron chi connectivity index (χ0n) is 21.7. The van der Waals surface area contributed by atoms with E-state index in [1.165, 1.54) is 25.1 Å². The molecule has 2 rings (SSSR count). The number of anilines is 1. The van der Waals surface area contributed by atoms with Gasteiger partial charge in [-0.1, -0.05) is 52.5 Å². The van der Waals surface area contributed by atoms with Gasteiger partial charge < -0.3 is 30.0 Å². The molecule has 204 valence electrons. The number of ether oxygens (including phenoxy) is 3. The monoisotopic (exact) mass is 520 g/mol. The second-order valence-electron chi connectivity index (χ2n) is 9.27. The molecule has 0 saturated carbocycles. The number of nitrogens with one attached hydrogen (secondary N) is 2. The van der Waals surface area contributed by atoms with Gasteiger partial charge in [0.25, 0.3) is 5.91 Å². The predicted molar refractivity (Wildman–Crippen MR) is 133 cm³/mol. The van der Waals surface area contributed by atoms with E-state index in [0.717, 1.165) is 19.3 Å². The number of carbonyl (C=O) groups excluding carboxylic acids is 5. The second-order valence-corrected chi connectivity index (χ2v) is 9.27. The number of cyclic esters (lactones) is 2. The number of benzene rings is 1. The average molecular weight is 521 g/mol. The van der Waals surface area contributed by atoms with E-state index in [1.54, 1.807) is 13.8 Å². The van der Waals surface area contributed by atoms with Gasteiger partial charge in [0.05, 0.1) is 23.1 Å². The molecule has 37 heavy (non-hydrogen) atoms. The number of carbonyl (C=O) groups is 5. The summed E-state index contributed by atoms with van der Waals surface area (Å²) in [5.74, 6) is -4.77. The van der Waals surface area contributed by atoms with Gasteiger partial charge in [0.2, 0.25) is 6.41 Å². The molecule has 1 saturated heterocycles. The van der Waals surface area contributed by atoms with E-state index >= 15 is 0 Å². The van der Waals surface area contributed by atoms with E-state index in [9.17, 15) is 29.1 Å². The zero-order chi connectivity index (χ0) is 27.5. The van der Waals surface area contributed by atoms with Crippen LogP contribution in [0.25, 0.3) is 0 Å². The van der Waals surface area contributed by atoms with Gasteiger partial charge in [-0.15, -0.1) is 0 Å². The Morgan fingerprint density at radius 2 is 1.92 bits per heavy atom. The van der Waals surface area contributed by atoms with Crippen LogP contribution in [0.5, 0.6) is 5.75 Å². The Bertz CT molecular complexity index is 979. The second kappa shape index (κ2) is 14.2. The number of hydrogen-bond acceptors (Lipinski definition) is 9. The maximum atomic E-state index is 13.1. The van der Waals surface area contributed by atoms with Crippen LogP contribution in [0.3, 0.4) is 0 Å². The van der Waals surface area contributed by atoms with Crippen LogP contribution in [0.2, 0.25) is 0 Å². The number of esters is 3. The molecule has 4 atom stereocenters. The minimum Gasteiger partial charge on any atom is -0.505 e. The number of phenolic OH excluding ortho intramolecular Hbond substituents is 1. The van der Waals surface area contributed by atoms with Crippen molar-refractivity contribution in [3.63, 3.8) is 0 Å². The van der Waals surface area contributed by atoms with E-state index in [4.69, 9.17) is 14.2 Å². The van der Waals surface area contributed by atoms with E-state index in [2.05, 4.69) is 17.6 Å². The van der Waals surface area contributed by atoms with Gasteiger partial charge in [-0.25, -0.2) is 4.79 Å². The van der Waals surface area contributed by atoms with Crippen molar-refractivity contribution in [1.82, 2.24) is 5.32 Å².